The van der Waals surface area contributed by atoms with Crippen LogP contribution >= 0.6 is 15.9 Å². The Morgan fingerprint density at radius 2 is 2.09 bits per heavy atom. The molecule has 5 heteroatoms. The molecule has 0 fully saturated rings. The van der Waals surface area contributed by atoms with E-state index in [2.05, 4.69) is 64.1 Å². The third-order valence-corrected chi connectivity index (χ3v) is 3.87. The molecule has 1 aromatic rings. The lowest BCUT2D eigenvalue weighted by Crippen LogP contribution is -2.29. The maximum Gasteiger partial charge on any atom is 0.142 e. The van der Waals surface area contributed by atoms with Gasteiger partial charge in [0.2, 0.25) is 0 Å². The zero-order chi connectivity index (χ0) is 16.7. The number of anilines is 1. The van der Waals surface area contributed by atoms with Gasteiger partial charge in [0.1, 0.15) is 11.7 Å². The van der Waals surface area contributed by atoms with Gasteiger partial charge in [0.15, 0.2) is 0 Å². The zero-order valence-corrected chi connectivity index (χ0v) is 15.2. The molecule has 0 heterocycles. The van der Waals surface area contributed by atoms with Crippen molar-refractivity contribution in [2.24, 2.45) is 4.99 Å². The topological polar surface area (TPSA) is 56.7 Å². The number of allylic oxidation sites excluding steroid dienone is 2. The fourth-order valence-corrected chi connectivity index (χ4v) is 1.96. The molecular formula is C17H24BrN3O. The first-order valence-electron chi connectivity index (χ1n) is 7.16. The monoisotopic (exact) mass is 365 g/mol. The zero-order valence-electron chi connectivity index (χ0n) is 13.6. The minimum Gasteiger partial charge on any atom is -0.394 e. The number of benzene rings is 1. The predicted octanol–water partition coefficient (Wildman–Crippen LogP) is 3.85. The standard InChI is InChI=1S/C17H24BrN3O/c1-6-16(18)17(19-13(4)10-22)21-14(5)20-15-8-7-11(2)12(3)9-15/h6-9,13,19,22H,1,10H2,2-5H3,(H,20,21)/b17-16+. The van der Waals surface area contributed by atoms with Crippen molar-refractivity contribution in [2.45, 2.75) is 33.7 Å². The van der Waals surface area contributed by atoms with Gasteiger partial charge < -0.3 is 15.7 Å². The molecule has 4 nitrogen and oxygen atoms in total. The van der Waals surface area contributed by atoms with Gasteiger partial charge in [-0.25, -0.2) is 4.99 Å². The summed E-state index contributed by atoms with van der Waals surface area (Å²) in [7, 11) is 0. The molecule has 0 bridgehead atoms. The van der Waals surface area contributed by atoms with Crippen LogP contribution in [-0.2, 0) is 0 Å². The van der Waals surface area contributed by atoms with Crippen molar-refractivity contribution in [1.29, 1.82) is 0 Å². The highest BCUT2D eigenvalue weighted by molar-refractivity contribution is 9.11. The summed E-state index contributed by atoms with van der Waals surface area (Å²) in [6.07, 6.45) is 1.67. The molecule has 0 aromatic heterocycles. The number of aliphatic hydroxyl groups is 1. The summed E-state index contributed by atoms with van der Waals surface area (Å²) < 4.78 is 0.744. The van der Waals surface area contributed by atoms with Gasteiger partial charge in [-0.05, 0) is 66.9 Å². The summed E-state index contributed by atoms with van der Waals surface area (Å²) >= 11 is 3.42. The van der Waals surface area contributed by atoms with E-state index < -0.39 is 0 Å². The largest absolute Gasteiger partial charge is 0.394 e. The Hall–Kier alpha value is -1.59. The number of aryl methyl sites for hydroxylation is 2. The first kappa shape index (κ1) is 18.5. The molecule has 1 rings (SSSR count). The van der Waals surface area contributed by atoms with E-state index in [9.17, 15) is 5.11 Å². The average molecular weight is 366 g/mol. The average Bonchev–Trinajstić information content (AvgIpc) is 2.49. The SMILES string of the molecule is C=C/C(Br)=C(\N=C(/C)Nc1ccc(C)c(C)c1)NC(C)CO. The molecule has 120 valence electrons. The van der Waals surface area contributed by atoms with Crippen molar-refractivity contribution >= 4 is 27.5 Å². The minimum atomic E-state index is -0.0966. The first-order valence-corrected chi connectivity index (χ1v) is 7.95. The quantitative estimate of drug-likeness (QED) is 0.407. The molecule has 0 aliphatic carbocycles. The Morgan fingerprint density at radius 1 is 1.41 bits per heavy atom. The van der Waals surface area contributed by atoms with Crippen LogP contribution in [0.2, 0.25) is 0 Å². The van der Waals surface area contributed by atoms with E-state index in [4.69, 9.17) is 0 Å². The number of nitrogens with zero attached hydrogens (tertiary/aromatic N) is 1. The lowest BCUT2D eigenvalue weighted by molar-refractivity contribution is 0.258. The Morgan fingerprint density at radius 3 is 2.64 bits per heavy atom. The molecule has 0 amide bonds. The predicted molar refractivity (Wildman–Crippen MR) is 98.5 cm³/mol. The van der Waals surface area contributed by atoms with Gasteiger partial charge in [0, 0.05) is 11.7 Å². The van der Waals surface area contributed by atoms with Gasteiger partial charge in [-0.1, -0.05) is 18.7 Å². The molecule has 3 N–H and O–H groups in total. The second-order valence-corrected chi connectivity index (χ2v) is 6.10. The van der Waals surface area contributed by atoms with Gasteiger partial charge in [0.25, 0.3) is 0 Å². The first-order chi connectivity index (χ1) is 10.4. The number of halogens is 1. The fourth-order valence-electron chi connectivity index (χ4n) is 1.75. The number of hydrogen-bond donors (Lipinski definition) is 3. The Kier molecular flexibility index (Phi) is 7.35. The van der Waals surface area contributed by atoms with Gasteiger partial charge in [0.05, 0.1) is 11.1 Å². The maximum absolute atomic E-state index is 9.17. The smallest absolute Gasteiger partial charge is 0.142 e. The van der Waals surface area contributed by atoms with Crippen molar-refractivity contribution in [2.75, 3.05) is 11.9 Å². The van der Waals surface area contributed by atoms with E-state index in [0.29, 0.717) is 5.82 Å². The second kappa shape index (κ2) is 8.76. The van der Waals surface area contributed by atoms with E-state index in [0.717, 1.165) is 16.0 Å². The Bertz CT molecular complexity index is 594. The molecule has 1 atom stereocenters. The number of rotatable bonds is 6. The van der Waals surface area contributed by atoms with Crippen molar-refractivity contribution in [1.82, 2.24) is 5.32 Å². The molecule has 0 aliphatic rings. The molecule has 1 unspecified atom stereocenters. The molecule has 1 aromatic carbocycles. The van der Waals surface area contributed by atoms with Crippen LogP contribution in [0, 0.1) is 13.8 Å². The number of hydrogen-bond acceptors (Lipinski definition) is 3. The van der Waals surface area contributed by atoms with Crippen LogP contribution in [0.5, 0.6) is 0 Å². The third kappa shape index (κ3) is 5.66. The van der Waals surface area contributed by atoms with E-state index >= 15 is 0 Å². The molecule has 0 saturated carbocycles. The van der Waals surface area contributed by atoms with Crippen LogP contribution < -0.4 is 10.6 Å². The normalized spacial score (nSPS) is 14.2. The van der Waals surface area contributed by atoms with E-state index in [-0.39, 0.29) is 12.6 Å². The molecule has 0 aliphatic heterocycles. The van der Waals surface area contributed by atoms with Crippen LogP contribution in [0.4, 0.5) is 5.69 Å². The van der Waals surface area contributed by atoms with Crippen molar-refractivity contribution in [3.05, 3.63) is 52.3 Å². The number of nitrogens with one attached hydrogen (secondary N) is 2. The van der Waals surface area contributed by atoms with Crippen LogP contribution in [0.15, 0.2) is 46.1 Å². The van der Waals surface area contributed by atoms with Crippen molar-refractivity contribution in [3.8, 4) is 0 Å². The molecule has 0 radical (unpaired) electrons. The molecule has 0 saturated heterocycles. The van der Waals surface area contributed by atoms with Gasteiger partial charge in [-0.2, -0.15) is 0 Å². The van der Waals surface area contributed by atoms with Crippen LogP contribution in [0.1, 0.15) is 25.0 Å². The summed E-state index contributed by atoms with van der Waals surface area (Å²) in [6, 6.07) is 6.09. The molecular weight excluding hydrogens is 342 g/mol. The van der Waals surface area contributed by atoms with Crippen LogP contribution in [0.25, 0.3) is 0 Å². The highest BCUT2D eigenvalue weighted by atomic mass is 79.9. The van der Waals surface area contributed by atoms with Crippen molar-refractivity contribution < 1.29 is 5.11 Å². The van der Waals surface area contributed by atoms with E-state index in [1.807, 2.05) is 19.9 Å². The number of amidine groups is 1. The van der Waals surface area contributed by atoms with Crippen LogP contribution in [0.3, 0.4) is 0 Å². The molecule has 0 spiro atoms. The summed E-state index contributed by atoms with van der Waals surface area (Å²) in [4.78, 5) is 4.53. The second-order valence-electron chi connectivity index (χ2n) is 5.25. The summed E-state index contributed by atoms with van der Waals surface area (Å²) in [5.74, 6) is 1.38. The fraction of sp³-hybridized carbons (Fsp3) is 0.353. The summed E-state index contributed by atoms with van der Waals surface area (Å²) in [5.41, 5.74) is 3.48. The highest BCUT2D eigenvalue weighted by Crippen LogP contribution is 2.16. The molecule has 22 heavy (non-hydrogen) atoms. The summed E-state index contributed by atoms with van der Waals surface area (Å²) in [6.45, 7) is 11.7. The lowest BCUT2D eigenvalue weighted by Gasteiger charge is -2.15. The number of aliphatic imine (C=N–C) groups is 1. The van der Waals surface area contributed by atoms with Gasteiger partial charge >= 0.3 is 0 Å². The third-order valence-electron chi connectivity index (χ3n) is 3.17. The van der Waals surface area contributed by atoms with E-state index in [1.54, 1.807) is 6.08 Å². The van der Waals surface area contributed by atoms with E-state index in [1.165, 1.54) is 11.1 Å². The van der Waals surface area contributed by atoms with Gasteiger partial charge in [-0.15, -0.1) is 0 Å². The van der Waals surface area contributed by atoms with Crippen molar-refractivity contribution in [3.63, 3.8) is 0 Å². The van der Waals surface area contributed by atoms with Gasteiger partial charge in [-0.3, -0.25) is 0 Å². The lowest BCUT2D eigenvalue weighted by atomic mass is 10.1. The number of aliphatic hydroxyl groups excluding tert-OH is 1. The Balaban J connectivity index is 2.95. The summed E-state index contributed by atoms with van der Waals surface area (Å²) in [5, 5.41) is 15.6. The Labute approximate surface area is 141 Å². The maximum atomic E-state index is 9.17. The minimum absolute atomic E-state index is 0.0279. The highest BCUT2D eigenvalue weighted by Gasteiger charge is 2.06. The van der Waals surface area contributed by atoms with Crippen LogP contribution in [-0.4, -0.2) is 23.6 Å².